The van der Waals surface area contributed by atoms with Crippen LogP contribution < -0.4 is 5.32 Å². The molecule has 3 nitrogen and oxygen atoms in total. The van der Waals surface area contributed by atoms with Crippen molar-refractivity contribution in [2.24, 2.45) is 5.92 Å². The van der Waals surface area contributed by atoms with Gasteiger partial charge in [0.2, 0.25) is 0 Å². The molecule has 0 unspecified atom stereocenters. The number of hydrogen-bond donors (Lipinski definition) is 2. The van der Waals surface area contributed by atoms with Crippen LogP contribution in [0.1, 0.15) is 36.8 Å². The van der Waals surface area contributed by atoms with E-state index in [9.17, 15) is 36.2 Å². The van der Waals surface area contributed by atoms with Crippen LogP contribution in [-0.2, 0) is 4.79 Å². The third-order valence-electron chi connectivity index (χ3n) is 6.44. The number of rotatable bonds is 2. The molecule has 1 amide bonds. The first-order valence-corrected chi connectivity index (χ1v) is 10.0. The van der Waals surface area contributed by atoms with Gasteiger partial charge in [-0.15, -0.1) is 0 Å². The first kappa shape index (κ1) is 22.2. The highest BCUT2D eigenvalue weighted by Gasteiger charge is 2.52. The highest BCUT2D eigenvalue weighted by atomic mass is 19.4. The van der Waals surface area contributed by atoms with E-state index in [0.29, 0.717) is 0 Å². The van der Waals surface area contributed by atoms with Crippen LogP contribution in [0.4, 0.5) is 26.3 Å². The lowest BCUT2D eigenvalue weighted by Gasteiger charge is -2.37. The van der Waals surface area contributed by atoms with E-state index in [4.69, 9.17) is 0 Å². The Morgan fingerprint density at radius 2 is 1.59 bits per heavy atom. The van der Waals surface area contributed by atoms with Crippen LogP contribution in [-0.4, -0.2) is 22.7 Å². The Hall–Kier alpha value is -2.97. The summed E-state index contributed by atoms with van der Waals surface area (Å²) in [5.41, 5.74) is -1.19. The lowest BCUT2D eigenvalue weighted by Crippen LogP contribution is -2.48. The molecule has 1 saturated carbocycles. The van der Waals surface area contributed by atoms with E-state index in [1.165, 1.54) is 19.1 Å². The number of halogens is 6. The third kappa shape index (κ3) is 3.63. The van der Waals surface area contributed by atoms with Crippen molar-refractivity contribution in [3.8, 4) is 11.1 Å². The van der Waals surface area contributed by atoms with Crippen molar-refractivity contribution >= 4 is 11.5 Å². The Morgan fingerprint density at radius 1 is 0.969 bits per heavy atom. The smallest absolute Gasteiger partial charge is 0.391 e. The first-order valence-electron chi connectivity index (χ1n) is 10.0. The quantitative estimate of drug-likeness (QED) is 0.549. The SMILES string of the molecule is Cc1c(F)cc(-c2ccc(F)c(F)c2)cc1C1=C(O)[C@]2(CC[C@H](C(F)(F)F)CC2)NC1=O. The third-order valence-corrected chi connectivity index (χ3v) is 6.44. The van der Waals surface area contributed by atoms with Crippen LogP contribution in [0.5, 0.6) is 0 Å². The molecule has 1 fully saturated rings. The van der Waals surface area contributed by atoms with Gasteiger partial charge in [-0.1, -0.05) is 6.07 Å². The largest absolute Gasteiger partial charge is 0.509 e. The molecule has 1 aliphatic carbocycles. The van der Waals surface area contributed by atoms with Crippen molar-refractivity contribution in [1.82, 2.24) is 5.32 Å². The maximum Gasteiger partial charge on any atom is 0.391 e. The molecule has 1 heterocycles. The number of carbonyl (C=O) groups is 1. The van der Waals surface area contributed by atoms with E-state index in [1.807, 2.05) is 0 Å². The van der Waals surface area contributed by atoms with Gasteiger partial charge >= 0.3 is 6.18 Å². The summed E-state index contributed by atoms with van der Waals surface area (Å²) in [6, 6.07) is 5.48. The summed E-state index contributed by atoms with van der Waals surface area (Å²) in [6.45, 7) is 1.39. The number of nitrogens with one attached hydrogen (secondary N) is 1. The second-order valence-corrected chi connectivity index (χ2v) is 8.34. The van der Waals surface area contributed by atoms with E-state index >= 15 is 0 Å². The molecule has 0 bridgehead atoms. The highest BCUT2D eigenvalue weighted by Crippen LogP contribution is 2.47. The number of carbonyl (C=O) groups excluding carboxylic acids is 1. The van der Waals surface area contributed by atoms with Gasteiger partial charge in [-0.2, -0.15) is 13.2 Å². The highest BCUT2D eigenvalue weighted by molar-refractivity contribution is 6.23. The average molecular weight is 455 g/mol. The Labute approximate surface area is 179 Å². The van der Waals surface area contributed by atoms with Crippen LogP contribution in [0.15, 0.2) is 36.1 Å². The van der Waals surface area contributed by atoms with Crippen LogP contribution in [0.2, 0.25) is 0 Å². The molecule has 1 spiro atoms. The van der Waals surface area contributed by atoms with Gasteiger partial charge in [0.25, 0.3) is 5.91 Å². The summed E-state index contributed by atoms with van der Waals surface area (Å²) in [6.07, 6.45) is -5.09. The fourth-order valence-electron chi connectivity index (χ4n) is 4.52. The maximum absolute atomic E-state index is 14.7. The van der Waals surface area contributed by atoms with Gasteiger partial charge in [0, 0.05) is 0 Å². The van der Waals surface area contributed by atoms with Crippen molar-refractivity contribution in [1.29, 1.82) is 0 Å². The second-order valence-electron chi connectivity index (χ2n) is 8.34. The standard InChI is InChI=1S/C23H19F6NO2/c1-11-15(8-13(10-17(11)25)12-2-3-16(24)18(26)9-12)19-20(31)22(30-21(19)32)6-4-14(5-7-22)23(27,28)29/h2-3,8-10,14,31H,4-7H2,1H3,(H,30,32)/t14-,22+. The molecular formula is C23H19F6NO2. The van der Waals surface area contributed by atoms with Crippen LogP contribution >= 0.6 is 0 Å². The van der Waals surface area contributed by atoms with Crippen molar-refractivity contribution in [3.63, 3.8) is 0 Å². The molecule has 0 radical (unpaired) electrons. The molecule has 4 rings (SSSR count). The Morgan fingerprint density at radius 3 is 2.19 bits per heavy atom. The lowest BCUT2D eigenvalue weighted by atomic mass is 9.75. The van der Waals surface area contributed by atoms with E-state index < -0.39 is 46.8 Å². The molecule has 0 aromatic heterocycles. The summed E-state index contributed by atoms with van der Waals surface area (Å²) < 4.78 is 80.7. The van der Waals surface area contributed by atoms with Crippen molar-refractivity contribution in [3.05, 3.63) is 64.7 Å². The number of aliphatic hydroxyl groups excluding tert-OH is 1. The number of aliphatic hydroxyl groups is 1. The first-order chi connectivity index (χ1) is 14.9. The summed E-state index contributed by atoms with van der Waals surface area (Å²) in [4.78, 5) is 12.8. The predicted molar refractivity (Wildman–Crippen MR) is 105 cm³/mol. The molecule has 0 saturated heterocycles. The topological polar surface area (TPSA) is 49.3 Å². The Kier molecular flexibility index (Phi) is 5.26. The van der Waals surface area contributed by atoms with Crippen molar-refractivity contribution < 1.29 is 36.2 Å². The lowest BCUT2D eigenvalue weighted by molar-refractivity contribution is -0.184. The van der Waals surface area contributed by atoms with Gasteiger partial charge in [0.05, 0.1) is 17.0 Å². The van der Waals surface area contributed by atoms with Gasteiger partial charge in [-0.3, -0.25) is 4.79 Å². The van der Waals surface area contributed by atoms with Crippen LogP contribution in [0, 0.1) is 30.3 Å². The van der Waals surface area contributed by atoms with Crippen molar-refractivity contribution in [2.75, 3.05) is 0 Å². The normalized spacial score (nSPS) is 23.7. The summed E-state index contributed by atoms with van der Waals surface area (Å²) in [5, 5.41) is 13.5. The van der Waals surface area contributed by atoms with Gasteiger partial charge < -0.3 is 10.4 Å². The summed E-state index contributed by atoms with van der Waals surface area (Å²) in [7, 11) is 0. The summed E-state index contributed by atoms with van der Waals surface area (Å²) in [5.74, 6) is -5.61. The van der Waals surface area contributed by atoms with Gasteiger partial charge in [0.1, 0.15) is 11.6 Å². The molecule has 2 aromatic rings. The van der Waals surface area contributed by atoms with Crippen LogP contribution in [0.25, 0.3) is 16.7 Å². The maximum atomic E-state index is 14.7. The Balaban J connectivity index is 1.76. The number of alkyl halides is 3. The minimum atomic E-state index is -4.36. The number of amides is 1. The second kappa shape index (κ2) is 7.56. The molecule has 2 aliphatic rings. The van der Waals surface area contributed by atoms with Crippen LogP contribution in [0.3, 0.4) is 0 Å². The zero-order chi connectivity index (χ0) is 23.4. The Bertz CT molecular complexity index is 1130. The van der Waals surface area contributed by atoms with E-state index in [1.54, 1.807) is 0 Å². The predicted octanol–water partition coefficient (Wildman–Crippen LogP) is 5.97. The fourth-order valence-corrected chi connectivity index (χ4v) is 4.52. The van der Waals surface area contributed by atoms with Crippen molar-refractivity contribution in [2.45, 2.75) is 44.3 Å². The monoisotopic (exact) mass is 455 g/mol. The zero-order valence-electron chi connectivity index (χ0n) is 16.9. The van der Waals surface area contributed by atoms with Gasteiger partial charge in [-0.05, 0) is 79.1 Å². The molecule has 32 heavy (non-hydrogen) atoms. The average Bonchev–Trinajstić information content (AvgIpc) is 2.95. The molecule has 9 heteroatoms. The van der Waals surface area contributed by atoms with Gasteiger partial charge in [-0.25, -0.2) is 13.2 Å². The number of benzene rings is 2. The molecular weight excluding hydrogens is 436 g/mol. The summed E-state index contributed by atoms with van der Waals surface area (Å²) >= 11 is 0. The molecule has 2 aromatic carbocycles. The minimum Gasteiger partial charge on any atom is -0.509 e. The van der Waals surface area contributed by atoms with E-state index in [-0.39, 0.29) is 53.5 Å². The molecule has 2 N–H and O–H groups in total. The van der Waals surface area contributed by atoms with Gasteiger partial charge in [0.15, 0.2) is 11.6 Å². The fraction of sp³-hybridized carbons (Fsp3) is 0.348. The zero-order valence-corrected chi connectivity index (χ0v) is 16.9. The van der Waals surface area contributed by atoms with E-state index in [0.717, 1.165) is 18.2 Å². The molecule has 1 aliphatic heterocycles. The minimum absolute atomic E-state index is 0.0362. The molecule has 0 atom stereocenters. The molecule has 170 valence electrons. The van der Waals surface area contributed by atoms with E-state index in [2.05, 4.69) is 5.32 Å². The number of hydrogen-bond acceptors (Lipinski definition) is 2.